The van der Waals surface area contributed by atoms with Crippen LogP contribution in [-0.2, 0) is 6.42 Å². The van der Waals surface area contributed by atoms with E-state index in [1.54, 1.807) is 0 Å². The minimum Gasteiger partial charge on any atom is -0.393 e. The second kappa shape index (κ2) is 6.09. The third-order valence-corrected chi connectivity index (χ3v) is 4.71. The van der Waals surface area contributed by atoms with E-state index in [2.05, 4.69) is 45.9 Å². The van der Waals surface area contributed by atoms with Crippen molar-refractivity contribution in [2.24, 2.45) is 17.8 Å². The molecule has 2 rings (SSSR count). The first-order chi connectivity index (χ1) is 8.95. The average Bonchev–Trinajstić information content (AvgIpc) is 2.30. The second-order valence-corrected chi connectivity index (χ2v) is 6.84. The summed E-state index contributed by atoms with van der Waals surface area (Å²) in [7, 11) is 0. The van der Waals surface area contributed by atoms with Crippen molar-refractivity contribution < 1.29 is 5.11 Å². The lowest BCUT2D eigenvalue weighted by atomic mass is 9.73. The molecule has 1 aliphatic rings. The standard InChI is InChI=1S/C18H28O/c1-12(2)16-5-6-18(19)17(11-16)10-15-8-13(3)7-14(4)9-15/h7-9,12,16-19H,5-6,10-11H2,1-4H3. The van der Waals surface area contributed by atoms with Gasteiger partial charge in [-0.15, -0.1) is 0 Å². The number of aliphatic hydroxyl groups excluding tert-OH is 1. The number of benzene rings is 1. The van der Waals surface area contributed by atoms with Crippen LogP contribution in [0.3, 0.4) is 0 Å². The monoisotopic (exact) mass is 260 g/mol. The van der Waals surface area contributed by atoms with E-state index in [1.165, 1.54) is 29.5 Å². The fourth-order valence-electron chi connectivity index (χ4n) is 3.60. The van der Waals surface area contributed by atoms with Gasteiger partial charge in [-0.05, 0) is 62.8 Å². The van der Waals surface area contributed by atoms with Crippen molar-refractivity contribution in [2.45, 2.75) is 59.5 Å². The van der Waals surface area contributed by atoms with Crippen molar-refractivity contribution in [1.82, 2.24) is 0 Å². The van der Waals surface area contributed by atoms with Gasteiger partial charge in [0.25, 0.3) is 0 Å². The zero-order chi connectivity index (χ0) is 14.0. The highest BCUT2D eigenvalue weighted by Gasteiger charge is 2.30. The number of rotatable bonds is 3. The Morgan fingerprint density at radius 1 is 1.11 bits per heavy atom. The molecule has 1 fully saturated rings. The van der Waals surface area contributed by atoms with Gasteiger partial charge in [0.05, 0.1) is 6.10 Å². The predicted octanol–water partition coefficient (Wildman–Crippen LogP) is 4.28. The summed E-state index contributed by atoms with van der Waals surface area (Å²) in [5.74, 6) is 1.98. The van der Waals surface area contributed by atoms with Crippen molar-refractivity contribution in [2.75, 3.05) is 0 Å². The Hall–Kier alpha value is -0.820. The fraction of sp³-hybridized carbons (Fsp3) is 0.667. The van der Waals surface area contributed by atoms with E-state index >= 15 is 0 Å². The van der Waals surface area contributed by atoms with Crippen LogP contribution in [0.1, 0.15) is 49.8 Å². The maximum atomic E-state index is 10.3. The zero-order valence-corrected chi connectivity index (χ0v) is 12.8. The van der Waals surface area contributed by atoms with Crippen LogP contribution in [0.5, 0.6) is 0 Å². The molecule has 0 spiro atoms. The summed E-state index contributed by atoms with van der Waals surface area (Å²) in [4.78, 5) is 0. The first kappa shape index (κ1) is 14.6. The van der Waals surface area contributed by atoms with Gasteiger partial charge in [-0.25, -0.2) is 0 Å². The highest BCUT2D eigenvalue weighted by atomic mass is 16.3. The van der Waals surface area contributed by atoms with Crippen molar-refractivity contribution in [3.63, 3.8) is 0 Å². The summed E-state index contributed by atoms with van der Waals surface area (Å²) < 4.78 is 0. The maximum absolute atomic E-state index is 10.3. The zero-order valence-electron chi connectivity index (χ0n) is 12.8. The second-order valence-electron chi connectivity index (χ2n) is 6.84. The number of aliphatic hydroxyl groups is 1. The molecule has 1 aromatic rings. The van der Waals surface area contributed by atoms with Gasteiger partial charge < -0.3 is 5.11 Å². The van der Waals surface area contributed by atoms with Crippen LogP contribution in [0.25, 0.3) is 0 Å². The molecule has 1 aromatic carbocycles. The molecule has 0 aromatic heterocycles. The third-order valence-electron chi connectivity index (χ3n) is 4.71. The van der Waals surface area contributed by atoms with Crippen LogP contribution in [0.4, 0.5) is 0 Å². The van der Waals surface area contributed by atoms with E-state index in [1.807, 2.05) is 0 Å². The van der Waals surface area contributed by atoms with Crippen LogP contribution >= 0.6 is 0 Å². The Morgan fingerprint density at radius 2 is 1.74 bits per heavy atom. The van der Waals surface area contributed by atoms with E-state index < -0.39 is 0 Å². The van der Waals surface area contributed by atoms with Gasteiger partial charge in [0, 0.05) is 0 Å². The quantitative estimate of drug-likeness (QED) is 0.860. The highest BCUT2D eigenvalue weighted by Crippen LogP contribution is 2.35. The lowest BCUT2D eigenvalue weighted by molar-refractivity contribution is 0.0378. The van der Waals surface area contributed by atoms with Gasteiger partial charge in [0.15, 0.2) is 0 Å². The summed E-state index contributed by atoms with van der Waals surface area (Å²) in [5, 5.41) is 10.3. The van der Waals surface area contributed by atoms with Gasteiger partial charge in [0.2, 0.25) is 0 Å². The molecule has 1 saturated carbocycles. The molecule has 0 bridgehead atoms. The van der Waals surface area contributed by atoms with Gasteiger partial charge >= 0.3 is 0 Å². The van der Waals surface area contributed by atoms with E-state index in [0.29, 0.717) is 5.92 Å². The lowest BCUT2D eigenvalue weighted by Gasteiger charge is -2.35. The van der Waals surface area contributed by atoms with Gasteiger partial charge in [0.1, 0.15) is 0 Å². The molecule has 3 unspecified atom stereocenters. The highest BCUT2D eigenvalue weighted by molar-refractivity contribution is 5.29. The largest absolute Gasteiger partial charge is 0.393 e. The molecule has 1 heteroatoms. The van der Waals surface area contributed by atoms with E-state index in [0.717, 1.165) is 24.7 Å². The first-order valence-electron chi connectivity index (χ1n) is 7.71. The van der Waals surface area contributed by atoms with Crippen LogP contribution in [-0.4, -0.2) is 11.2 Å². The van der Waals surface area contributed by atoms with Crippen LogP contribution in [0, 0.1) is 31.6 Å². The van der Waals surface area contributed by atoms with Crippen LogP contribution in [0.2, 0.25) is 0 Å². The molecule has 3 atom stereocenters. The molecule has 19 heavy (non-hydrogen) atoms. The Balaban J connectivity index is 2.07. The SMILES string of the molecule is Cc1cc(C)cc(CC2CC(C(C)C)CCC2O)c1. The van der Waals surface area contributed by atoms with Crippen molar-refractivity contribution >= 4 is 0 Å². The average molecular weight is 260 g/mol. The molecule has 1 aliphatic carbocycles. The van der Waals surface area contributed by atoms with Crippen molar-refractivity contribution in [3.8, 4) is 0 Å². The Kier molecular flexibility index (Phi) is 4.67. The minimum atomic E-state index is -0.101. The fourth-order valence-corrected chi connectivity index (χ4v) is 3.60. The molecular weight excluding hydrogens is 232 g/mol. The molecule has 0 saturated heterocycles. The maximum Gasteiger partial charge on any atom is 0.0571 e. The molecule has 0 heterocycles. The summed E-state index contributed by atoms with van der Waals surface area (Å²) in [6.07, 6.45) is 4.30. The Morgan fingerprint density at radius 3 is 2.32 bits per heavy atom. The summed E-state index contributed by atoms with van der Waals surface area (Å²) in [6.45, 7) is 8.95. The predicted molar refractivity (Wildman–Crippen MR) is 81.3 cm³/mol. The minimum absolute atomic E-state index is 0.101. The van der Waals surface area contributed by atoms with E-state index in [4.69, 9.17) is 0 Å². The Bertz CT molecular complexity index is 401. The lowest BCUT2D eigenvalue weighted by Crippen LogP contribution is -2.32. The number of hydrogen-bond donors (Lipinski definition) is 1. The topological polar surface area (TPSA) is 20.2 Å². The van der Waals surface area contributed by atoms with Crippen molar-refractivity contribution in [1.29, 1.82) is 0 Å². The molecule has 0 radical (unpaired) electrons. The first-order valence-corrected chi connectivity index (χ1v) is 7.71. The summed E-state index contributed by atoms with van der Waals surface area (Å²) >= 11 is 0. The molecule has 0 aliphatic heterocycles. The van der Waals surface area contributed by atoms with Crippen LogP contribution < -0.4 is 0 Å². The number of hydrogen-bond acceptors (Lipinski definition) is 1. The molecule has 1 N–H and O–H groups in total. The van der Waals surface area contributed by atoms with Crippen molar-refractivity contribution in [3.05, 3.63) is 34.9 Å². The molecule has 0 amide bonds. The van der Waals surface area contributed by atoms with E-state index in [-0.39, 0.29) is 6.10 Å². The summed E-state index contributed by atoms with van der Waals surface area (Å²) in [6, 6.07) is 6.77. The van der Waals surface area contributed by atoms with Crippen LogP contribution in [0.15, 0.2) is 18.2 Å². The summed E-state index contributed by atoms with van der Waals surface area (Å²) in [5.41, 5.74) is 4.06. The third kappa shape index (κ3) is 3.82. The molecule has 1 nitrogen and oxygen atoms in total. The number of aryl methyl sites for hydroxylation is 2. The smallest absolute Gasteiger partial charge is 0.0571 e. The molecular formula is C18H28O. The normalized spacial score (nSPS) is 27.8. The Labute approximate surface area is 118 Å². The molecule has 106 valence electrons. The van der Waals surface area contributed by atoms with Gasteiger partial charge in [-0.3, -0.25) is 0 Å². The van der Waals surface area contributed by atoms with Gasteiger partial charge in [-0.2, -0.15) is 0 Å². The van der Waals surface area contributed by atoms with Gasteiger partial charge in [-0.1, -0.05) is 43.2 Å². The van der Waals surface area contributed by atoms with E-state index in [9.17, 15) is 5.11 Å².